The van der Waals surface area contributed by atoms with E-state index in [4.69, 9.17) is 0 Å². The maximum Gasteiger partial charge on any atom is 0.191 e. The van der Waals surface area contributed by atoms with Crippen molar-refractivity contribution in [2.45, 2.75) is 28.9 Å². The van der Waals surface area contributed by atoms with Gasteiger partial charge in [-0.3, -0.25) is 0 Å². The van der Waals surface area contributed by atoms with Gasteiger partial charge in [0.1, 0.15) is 11.0 Å². The molecule has 2 unspecified atom stereocenters. The molecular formula is C17H16O3S. The fourth-order valence-electron chi connectivity index (χ4n) is 2.77. The molecule has 3 rings (SSSR count). The van der Waals surface area contributed by atoms with E-state index in [9.17, 15) is 13.2 Å². The highest BCUT2D eigenvalue weighted by molar-refractivity contribution is 7.94. The van der Waals surface area contributed by atoms with Crippen LogP contribution in [0.4, 0.5) is 0 Å². The van der Waals surface area contributed by atoms with Gasteiger partial charge in [0, 0.05) is 5.92 Å². The lowest BCUT2D eigenvalue weighted by atomic mass is 10.1. The van der Waals surface area contributed by atoms with Crippen LogP contribution in [-0.2, 0) is 14.6 Å². The molecule has 2 atom stereocenters. The highest BCUT2D eigenvalue weighted by atomic mass is 32.2. The summed E-state index contributed by atoms with van der Waals surface area (Å²) in [7, 11) is -3.65. The maximum atomic E-state index is 12.8. The minimum absolute atomic E-state index is 0.215. The normalized spacial score (nSPS) is 24.5. The van der Waals surface area contributed by atoms with Crippen molar-refractivity contribution in [1.82, 2.24) is 0 Å². The smallest absolute Gasteiger partial charge is 0.191 e. The maximum absolute atomic E-state index is 12.8. The van der Waals surface area contributed by atoms with Crippen molar-refractivity contribution >= 4 is 16.1 Å². The number of carbonyl (C=O) groups excluding carboxylic acids is 1. The number of sulfone groups is 1. The largest absolute Gasteiger partial charge is 0.302 e. The van der Waals surface area contributed by atoms with Crippen LogP contribution in [0.1, 0.15) is 23.5 Å². The van der Waals surface area contributed by atoms with Crippen molar-refractivity contribution in [2.24, 2.45) is 0 Å². The van der Waals surface area contributed by atoms with Crippen molar-refractivity contribution in [1.29, 1.82) is 0 Å². The molecule has 4 heteroatoms. The number of rotatable bonds is 4. The molecule has 0 radical (unpaired) electrons. The van der Waals surface area contributed by atoms with Crippen LogP contribution in [0, 0.1) is 6.92 Å². The first-order valence-electron chi connectivity index (χ1n) is 6.84. The lowest BCUT2D eigenvalue weighted by molar-refractivity contribution is -0.108. The zero-order chi connectivity index (χ0) is 15.1. The molecule has 108 valence electrons. The van der Waals surface area contributed by atoms with E-state index in [0.717, 1.165) is 11.1 Å². The molecule has 1 fully saturated rings. The molecule has 1 aliphatic rings. The highest BCUT2D eigenvalue weighted by Crippen LogP contribution is 2.57. The number of hydrogen-bond donors (Lipinski definition) is 0. The molecule has 0 heterocycles. The van der Waals surface area contributed by atoms with E-state index in [-0.39, 0.29) is 10.8 Å². The molecule has 0 saturated heterocycles. The Morgan fingerprint density at radius 1 is 1.05 bits per heavy atom. The minimum atomic E-state index is -3.65. The van der Waals surface area contributed by atoms with Crippen molar-refractivity contribution in [3.05, 3.63) is 65.7 Å². The van der Waals surface area contributed by atoms with E-state index in [1.54, 1.807) is 30.3 Å². The van der Waals surface area contributed by atoms with Gasteiger partial charge in [-0.05, 0) is 31.0 Å². The van der Waals surface area contributed by atoms with E-state index in [0.29, 0.717) is 12.7 Å². The summed E-state index contributed by atoms with van der Waals surface area (Å²) < 4.78 is 24.2. The predicted octanol–water partition coefficient (Wildman–Crippen LogP) is 2.89. The van der Waals surface area contributed by atoms with Crippen molar-refractivity contribution in [3.63, 3.8) is 0 Å². The Bertz CT molecular complexity index is 763. The molecular weight excluding hydrogens is 284 g/mol. The van der Waals surface area contributed by atoms with Gasteiger partial charge in [0.05, 0.1) is 4.90 Å². The summed E-state index contributed by atoms with van der Waals surface area (Å²) >= 11 is 0. The number of carbonyl (C=O) groups is 1. The van der Waals surface area contributed by atoms with Crippen molar-refractivity contribution in [2.75, 3.05) is 0 Å². The van der Waals surface area contributed by atoms with E-state index >= 15 is 0 Å². The summed E-state index contributed by atoms with van der Waals surface area (Å²) in [5, 5.41) is 0. The van der Waals surface area contributed by atoms with E-state index < -0.39 is 14.6 Å². The van der Waals surface area contributed by atoms with Gasteiger partial charge in [-0.2, -0.15) is 0 Å². The second-order valence-electron chi connectivity index (χ2n) is 5.56. The fraction of sp³-hybridized carbons (Fsp3) is 0.235. The SMILES string of the molecule is Cc1ccc(C2CC2(C=O)S(=O)(=O)c2ccccc2)cc1. The summed E-state index contributed by atoms with van der Waals surface area (Å²) in [5.74, 6) is -0.249. The average Bonchev–Trinajstić information content (AvgIpc) is 3.25. The van der Waals surface area contributed by atoms with Crippen LogP contribution in [0.3, 0.4) is 0 Å². The topological polar surface area (TPSA) is 51.2 Å². The average molecular weight is 300 g/mol. The second kappa shape index (κ2) is 4.81. The molecule has 1 saturated carbocycles. The summed E-state index contributed by atoms with van der Waals surface area (Å²) in [6.45, 7) is 1.98. The van der Waals surface area contributed by atoms with Gasteiger partial charge >= 0.3 is 0 Å². The molecule has 0 bridgehead atoms. The Hall–Kier alpha value is -1.94. The zero-order valence-corrected chi connectivity index (χ0v) is 12.5. The van der Waals surface area contributed by atoms with Crippen LogP contribution in [0.2, 0.25) is 0 Å². The van der Waals surface area contributed by atoms with E-state index in [1.165, 1.54) is 0 Å². The van der Waals surface area contributed by atoms with Gasteiger partial charge in [-0.15, -0.1) is 0 Å². The Kier molecular flexibility index (Phi) is 3.21. The van der Waals surface area contributed by atoms with Crippen LogP contribution < -0.4 is 0 Å². The number of hydrogen-bond acceptors (Lipinski definition) is 3. The molecule has 0 aliphatic heterocycles. The first-order chi connectivity index (χ1) is 10.0. The molecule has 2 aromatic rings. The fourth-order valence-corrected chi connectivity index (χ4v) is 4.75. The van der Waals surface area contributed by atoms with E-state index in [2.05, 4.69) is 0 Å². The summed E-state index contributed by atoms with van der Waals surface area (Å²) in [6.07, 6.45) is 0.969. The summed E-state index contributed by atoms with van der Waals surface area (Å²) in [6, 6.07) is 15.9. The predicted molar refractivity (Wildman–Crippen MR) is 81.0 cm³/mol. The molecule has 0 aromatic heterocycles. The Balaban J connectivity index is 2.01. The second-order valence-corrected chi connectivity index (χ2v) is 7.80. The van der Waals surface area contributed by atoms with Gasteiger partial charge in [0.25, 0.3) is 0 Å². The Morgan fingerprint density at radius 2 is 1.67 bits per heavy atom. The van der Waals surface area contributed by atoms with Gasteiger partial charge in [-0.25, -0.2) is 8.42 Å². The van der Waals surface area contributed by atoms with Crippen LogP contribution in [0.5, 0.6) is 0 Å². The van der Waals surface area contributed by atoms with Crippen LogP contribution >= 0.6 is 0 Å². The minimum Gasteiger partial charge on any atom is -0.302 e. The van der Waals surface area contributed by atoms with Crippen molar-refractivity contribution in [3.8, 4) is 0 Å². The number of aldehydes is 1. The van der Waals surface area contributed by atoms with Gasteiger partial charge in [-0.1, -0.05) is 48.0 Å². The number of aryl methyl sites for hydroxylation is 1. The quantitative estimate of drug-likeness (QED) is 0.816. The molecule has 2 aromatic carbocycles. The lowest BCUT2D eigenvalue weighted by Gasteiger charge is -2.12. The highest BCUT2D eigenvalue weighted by Gasteiger charge is 2.64. The zero-order valence-electron chi connectivity index (χ0n) is 11.7. The molecule has 0 amide bonds. The first kappa shape index (κ1) is 14.0. The Morgan fingerprint density at radius 3 is 2.24 bits per heavy atom. The van der Waals surface area contributed by atoms with Gasteiger partial charge in [0.2, 0.25) is 0 Å². The van der Waals surface area contributed by atoms with Crippen LogP contribution in [0.25, 0.3) is 0 Å². The van der Waals surface area contributed by atoms with Crippen LogP contribution in [0.15, 0.2) is 59.5 Å². The standard InChI is InChI=1S/C17H16O3S/c1-13-7-9-14(10-8-13)16-11-17(16,12-18)21(19,20)15-5-3-2-4-6-15/h2-10,12,16H,11H2,1H3. The molecule has 3 nitrogen and oxygen atoms in total. The van der Waals surface area contributed by atoms with Gasteiger partial charge in [0.15, 0.2) is 9.84 Å². The van der Waals surface area contributed by atoms with E-state index in [1.807, 2.05) is 31.2 Å². The summed E-state index contributed by atoms with van der Waals surface area (Å²) in [5.41, 5.74) is 2.02. The van der Waals surface area contributed by atoms with Crippen molar-refractivity contribution < 1.29 is 13.2 Å². The summed E-state index contributed by atoms with van der Waals surface area (Å²) in [4.78, 5) is 11.8. The first-order valence-corrected chi connectivity index (χ1v) is 8.32. The molecule has 0 N–H and O–H groups in total. The molecule has 21 heavy (non-hydrogen) atoms. The number of benzene rings is 2. The van der Waals surface area contributed by atoms with Gasteiger partial charge < -0.3 is 4.79 Å². The molecule has 1 aliphatic carbocycles. The molecule has 0 spiro atoms. The Labute approximate surface area is 124 Å². The monoisotopic (exact) mass is 300 g/mol. The van der Waals surface area contributed by atoms with Crippen LogP contribution in [-0.4, -0.2) is 19.5 Å². The third-order valence-electron chi connectivity index (χ3n) is 4.19. The lowest BCUT2D eigenvalue weighted by Crippen LogP contribution is -2.27. The third-order valence-corrected chi connectivity index (χ3v) is 6.63. The third kappa shape index (κ3) is 2.10.